The zero-order valence-electron chi connectivity index (χ0n) is 21.2. The summed E-state index contributed by atoms with van der Waals surface area (Å²) in [6.07, 6.45) is 1.30. The quantitative estimate of drug-likeness (QED) is 0.393. The van der Waals surface area contributed by atoms with E-state index in [0.717, 1.165) is 16.1 Å². The van der Waals surface area contributed by atoms with E-state index in [4.69, 9.17) is 11.6 Å². The van der Waals surface area contributed by atoms with Crippen LogP contribution in [0.1, 0.15) is 25.0 Å². The zero-order chi connectivity index (χ0) is 27.0. The molecule has 0 aliphatic heterocycles. The van der Waals surface area contributed by atoms with Gasteiger partial charge in [0.05, 0.1) is 11.9 Å². The molecule has 0 fully saturated rings. The van der Waals surface area contributed by atoms with Crippen LogP contribution in [0.25, 0.3) is 0 Å². The van der Waals surface area contributed by atoms with Gasteiger partial charge in [-0.25, -0.2) is 8.42 Å². The number of hydrogen-bond donors (Lipinski definition) is 1. The van der Waals surface area contributed by atoms with E-state index in [1.807, 2.05) is 44.2 Å². The normalized spacial score (nSPS) is 12.1. The molecule has 3 rings (SSSR count). The molecule has 0 aliphatic rings. The van der Waals surface area contributed by atoms with Gasteiger partial charge in [-0.15, -0.1) is 0 Å². The van der Waals surface area contributed by atoms with Gasteiger partial charge in [-0.2, -0.15) is 0 Å². The molecule has 0 spiro atoms. The minimum absolute atomic E-state index is 0.0356. The smallest absolute Gasteiger partial charge is 0.244 e. The lowest BCUT2D eigenvalue weighted by Crippen LogP contribution is -2.54. The number of nitrogens with zero attached hydrogens (tertiary/aromatic N) is 2. The summed E-state index contributed by atoms with van der Waals surface area (Å²) in [5.41, 5.74) is 1.88. The fourth-order valence-corrected chi connectivity index (χ4v) is 5.00. The highest BCUT2D eigenvalue weighted by Gasteiger charge is 2.33. The fourth-order valence-electron chi connectivity index (χ4n) is 3.95. The molecule has 9 heteroatoms. The van der Waals surface area contributed by atoms with Crippen molar-refractivity contribution < 1.29 is 18.0 Å². The summed E-state index contributed by atoms with van der Waals surface area (Å²) in [7, 11) is -3.79. The molecule has 0 heterocycles. The first-order chi connectivity index (χ1) is 17.6. The van der Waals surface area contributed by atoms with E-state index in [1.165, 1.54) is 4.90 Å². The highest BCUT2D eigenvalue weighted by Crippen LogP contribution is 2.22. The molecule has 0 bridgehead atoms. The summed E-state index contributed by atoms with van der Waals surface area (Å²) >= 11 is 6.43. The van der Waals surface area contributed by atoms with Crippen molar-refractivity contribution in [2.75, 3.05) is 17.1 Å². The third-order valence-corrected chi connectivity index (χ3v) is 7.23. The molecule has 0 saturated heterocycles. The number of halogens is 1. The van der Waals surface area contributed by atoms with Gasteiger partial charge in [0.2, 0.25) is 21.8 Å². The number of carbonyl (C=O) groups excluding carboxylic acids is 2. The molecule has 0 saturated carbocycles. The van der Waals surface area contributed by atoms with Gasteiger partial charge < -0.3 is 10.2 Å². The van der Waals surface area contributed by atoms with Gasteiger partial charge in [0, 0.05) is 24.0 Å². The van der Waals surface area contributed by atoms with E-state index in [2.05, 4.69) is 5.32 Å². The first-order valence-electron chi connectivity index (χ1n) is 12.0. The second-order valence-corrected chi connectivity index (χ2v) is 11.4. The van der Waals surface area contributed by atoms with Crippen LogP contribution in [0, 0.1) is 0 Å². The minimum Gasteiger partial charge on any atom is -0.352 e. The van der Waals surface area contributed by atoms with E-state index in [-0.39, 0.29) is 24.9 Å². The molecule has 0 aliphatic carbocycles. The first kappa shape index (κ1) is 28.2. The largest absolute Gasteiger partial charge is 0.352 e. The van der Waals surface area contributed by atoms with Crippen molar-refractivity contribution in [1.29, 1.82) is 0 Å². The molecule has 0 unspecified atom stereocenters. The molecule has 1 N–H and O–H groups in total. The summed E-state index contributed by atoms with van der Waals surface area (Å²) < 4.78 is 26.4. The van der Waals surface area contributed by atoms with Crippen molar-refractivity contribution >= 4 is 39.1 Å². The van der Waals surface area contributed by atoms with Crippen molar-refractivity contribution in [3.8, 4) is 0 Å². The molecular weight excluding hydrogens is 510 g/mol. The molecule has 37 heavy (non-hydrogen) atoms. The number of amides is 2. The molecule has 196 valence electrons. The molecule has 3 aromatic carbocycles. The van der Waals surface area contributed by atoms with E-state index >= 15 is 0 Å². The van der Waals surface area contributed by atoms with Gasteiger partial charge in [-0.05, 0) is 43.2 Å². The molecule has 2 amide bonds. The van der Waals surface area contributed by atoms with E-state index < -0.39 is 28.5 Å². The Labute approximate surface area is 224 Å². The third kappa shape index (κ3) is 8.06. The van der Waals surface area contributed by atoms with Crippen LogP contribution in [0.15, 0.2) is 84.9 Å². The van der Waals surface area contributed by atoms with Gasteiger partial charge in [0.15, 0.2) is 0 Å². The molecule has 0 aromatic heterocycles. The van der Waals surface area contributed by atoms with Crippen LogP contribution < -0.4 is 9.62 Å². The molecule has 0 radical (unpaired) electrons. The number of nitrogens with one attached hydrogen (secondary N) is 1. The Hall–Kier alpha value is -3.36. The van der Waals surface area contributed by atoms with Gasteiger partial charge in [-0.3, -0.25) is 13.9 Å². The number of para-hydroxylation sites is 1. The maximum atomic E-state index is 13.9. The average Bonchev–Trinajstić information content (AvgIpc) is 2.85. The number of rotatable bonds is 11. The Bertz CT molecular complexity index is 1300. The van der Waals surface area contributed by atoms with Crippen LogP contribution >= 0.6 is 11.6 Å². The Kier molecular flexibility index (Phi) is 9.72. The van der Waals surface area contributed by atoms with Crippen LogP contribution in [0.5, 0.6) is 0 Å². The van der Waals surface area contributed by atoms with E-state index in [1.54, 1.807) is 54.6 Å². The Morgan fingerprint density at radius 2 is 1.46 bits per heavy atom. The van der Waals surface area contributed by atoms with Crippen molar-refractivity contribution in [3.63, 3.8) is 0 Å². The SMILES string of the molecule is CC(C)NC(=O)[C@H](Cc1ccccc1)N(Cc1ccccc1Cl)C(=O)CN(c1ccccc1)S(C)(=O)=O. The zero-order valence-corrected chi connectivity index (χ0v) is 22.7. The van der Waals surface area contributed by atoms with Crippen molar-refractivity contribution in [2.45, 2.75) is 38.9 Å². The molecule has 7 nitrogen and oxygen atoms in total. The summed E-state index contributed by atoms with van der Waals surface area (Å²) in [6, 6.07) is 23.9. The van der Waals surface area contributed by atoms with Gasteiger partial charge >= 0.3 is 0 Å². The van der Waals surface area contributed by atoms with Gasteiger partial charge in [-0.1, -0.05) is 78.3 Å². The lowest BCUT2D eigenvalue weighted by molar-refractivity contribution is -0.140. The predicted octanol–water partition coefficient (Wildman–Crippen LogP) is 4.27. The summed E-state index contributed by atoms with van der Waals surface area (Å²) in [4.78, 5) is 28.8. The standard InChI is InChI=1S/C28H32ClN3O4S/c1-21(2)30-28(34)26(18-22-12-6-4-7-13-22)31(19-23-14-10-11-17-25(23)29)27(33)20-32(37(3,35)36)24-15-8-5-9-16-24/h4-17,21,26H,18-20H2,1-3H3,(H,30,34)/t26-/m0/s1. The van der Waals surface area contributed by atoms with Crippen LogP contribution in [-0.4, -0.2) is 50.0 Å². The fraction of sp³-hybridized carbons (Fsp3) is 0.286. The number of carbonyl (C=O) groups is 2. The molecular formula is C28H32ClN3O4S. The monoisotopic (exact) mass is 541 g/mol. The summed E-state index contributed by atoms with van der Waals surface area (Å²) in [6.45, 7) is 3.26. The number of benzene rings is 3. The number of hydrogen-bond acceptors (Lipinski definition) is 4. The van der Waals surface area contributed by atoms with Crippen molar-refractivity contribution in [1.82, 2.24) is 10.2 Å². The Morgan fingerprint density at radius 1 is 0.892 bits per heavy atom. The van der Waals surface area contributed by atoms with Crippen molar-refractivity contribution in [3.05, 3.63) is 101 Å². The summed E-state index contributed by atoms with van der Waals surface area (Å²) in [5, 5.41) is 3.37. The third-order valence-electron chi connectivity index (χ3n) is 5.72. The maximum Gasteiger partial charge on any atom is 0.244 e. The average molecular weight is 542 g/mol. The van der Waals surface area contributed by atoms with Crippen LogP contribution in [-0.2, 0) is 32.6 Å². The predicted molar refractivity (Wildman–Crippen MR) is 148 cm³/mol. The second kappa shape index (κ2) is 12.7. The van der Waals surface area contributed by atoms with Gasteiger partial charge in [0.1, 0.15) is 12.6 Å². The second-order valence-electron chi connectivity index (χ2n) is 9.09. The van der Waals surface area contributed by atoms with Crippen molar-refractivity contribution in [2.24, 2.45) is 0 Å². The number of sulfonamides is 1. The number of anilines is 1. The lowest BCUT2D eigenvalue weighted by Gasteiger charge is -2.34. The first-order valence-corrected chi connectivity index (χ1v) is 14.2. The lowest BCUT2D eigenvalue weighted by atomic mass is 10.0. The van der Waals surface area contributed by atoms with Crippen LogP contribution in [0.3, 0.4) is 0 Å². The van der Waals surface area contributed by atoms with E-state index in [0.29, 0.717) is 16.3 Å². The molecule has 1 atom stereocenters. The highest BCUT2D eigenvalue weighted by atomic mass is 35.5. The highest BCUT2D eigenvalue weighted by molar-refractivity contribution is 7.92. The topological polar surface area (TPSA) is 86.8 Å². The maximum absolute atomic E-state index is 13.9. The van der Waals surface area contributed by atoms with Crippen LogP contribution in [0.2, 0.25) is 5.02 Å². The van der Waals surface area contributed by atoms with Gasteiger partial charge in [0.25, 0.3) is 0 Å². The minimum atomic E-state index is -3.79. The Morgan fingerprint density at radius 3 is 2.03 bits per heavy atom. The Balaban J connectivity index is 2.05. The summed E-state index contributed by atoms with van der Waals surface area (Å²) in [5.74, 6) is -0.848. The molecule has 3 aromatic rings. The van der Waals surface area contributed by atoms with Crippen LogP contribution in [0.4, 0.5) is 5.69 Å². The van der Waals surface area contributed by atoms with E-state index in [9.17, 15) is 18.0 Å².